The van der Waals surface area contributed by atoms with E-state index in [0.717, 1.165) is 0 Å². The van der Waals surface area contributed by atoms with Gasteiger partial charge < -0.3 is 28.2 Å². The number of piperidine rings is 1. The highest BCUT2D eigenvalue weighted by molar-refractivity contribution is 7.44. The number of hydrogen-bond acceptors (Lipinski definition) is 7. The lowest BCUT2D eigenvalue weighted by atomic mass is 9.99. The van der Waals surface area contributed by atoms with E-state index in [4.69, 9.17) is 23.3 Å². The third-order valence-corrected chi connectivity index (χ3v) is 8.84. The Hall–Kier alpha value is -0.860. The minimum atomic E-state index is -1.16. The zero-order chi connectivity index (χ0) is 24.9. The molecule has 4 unspecified atom stereocenters. The summed E-state index contributed by atoms with van der Waals surface area (Å²) >= 11 is 0. The number of ether oxygens (including phenoxy) is 3. The summed E-state index contributed by atoms with van der Waals surface area (Å²) in [5.41, 5.74) is 0.633. The first-order valence-corrected chi connectivity index (χ1v) is 13.4. The lowest BCUT2D eigenvalue weighted by Crippen LogP contribution is -2.50. The quantitative estimate of drug-likeness (QED) is 0.306. The van der Waals surface area contributed by atoms with Gasteiger partial charge in [0.05, 0.1) is 31.1 Å². The van der Waals surface area contributed by atoms with Crippen LogP contribution in [0.25, 0.3) is 0 Å². The fourth-order valence-corrected chi connectivity index (χ4v) is 6.33. The molecule has 3 rings (SSSR count). The Labute approximate surface area is 205 Å². The summed E-state index contributed by atoms with van der Waals surface area (Å²) in [6.07, 6.45) is 1.16. The summed E-state index contributed by atoms with van der Waals surface area (Å²) < 4.78 is 46.9. The Bertz CT molecular complexity index is 755. The van der Waals surface area contributed by atoms with Crippen molar-refractivity contribution in [1.29, 1.82) is 0 Å². The minimum absolute atomic E-state index is 0.0706. The molecule has 0 saturated carbocycles. The van der Waals surface area contributed by atoms with Gasteiger partial charge in [-0.2, -0.15) is 0 Å². The van der Waals surface area contributed by atoms with E-state index in [0.29, 0.717) is 56.9 Å². The lowest BCUT2D eigenvalue weighted by Gasteiger charge is -2.43. The van der Waals surface area contributed by atoms with E-state index in [1.807, 2.05) is 12.1 Å². The fourth-order valence-electron chi connectivity index (χ4n) is 4.87. The van der Waals surface area contributed by atoms with Crippen LogP contribution in [0.2, 0.25) is 0 Å². The van der Waals surface area contributed by atoms with Gasteiger partial charge in [-0.05, 0) is 39.8 Å². The normalized spacial score (nSPS) is 26.1. The molecular formula is C25H42FN2O5P. The van der Waals surface area contributed by atoms with Crippen molar-refractivity contribution < 1.29 is 27.6 Å². The first kappa shape index (κ1) is 27.7. The van der Waals surface area contributed by atoms with Gasteiger partial charge in [0.1, 0.15) is 5.82 Å². The molecule has 2 aliphatic heterocycles. The van der Waals surface area contributed by atoms with Crippen molar-refractivity contribution in [2.24, 2.45) is 5.92 Å². The molecule has 0 aliphatic carbocycles. The maximum absolute atomic E-state index is 14.2. The Kier molecular flexibility index (Phi) is 10.1. The number of methoxy groups -OCH3 is 1. The van der Waals surface area contributed by atoms with Crippen LogP contribution in [-0.2, 0) is 23.3 Å². The van der Waals surface area contributed by atoms with Gasteiger partial charge >= 0.3 is 0 Å². The van der Waals surface area contributed by atoms with Gasteiger partial charge in [-0.15, -0.1) is 0 Å². The molecule has 194 valence electrons. The summed E-state index contributed by atoms with van der Waals surface area (Å²) in [5.74, 6) is -0.735. The second-order valence-corrected chi connectivity index (χ2v) is 11.3. The average molecular weight is 501 g/mol. The van der Waals surface area contributed by atoms with E-state index < -0.39 is 14.3 Å². The number of anilines is 1. The average Bonchev–Trinajstić information content (AvgIpc) is 3.15. The molecule has 2 heterocycles. The van der Waals surface area contributed by atoms with E-state index >= 15 is 0 Å². The number of hydrogen-bond donors (Lipinski definition) is 0. The molecule has 34 heavy (non-hydrogen) atoms. The van der Waals surface area contributed by atoms with Gasteiger partial charge in [0.15, 0.2) is 5.79 Å². The summed E-state index contributed by atoms with van der Waals surface area (Å²) in [6.45, 7) is 13.0. The van der Waals surface area contributed by atoms with Gasteiger partial charge in [0.2, 0.25) is 0 Å². The van der Waals surface area contributed by atoms with Crippen LogP contribution in [0.15, 0.2) is 24.3 Å². The molecule has 0 radical (unpaired) electrons. The molecule has 0 N–H and O–H groups in total. The third kappa shape index (κ3) is 6.47. The van der Waals surface area contributed by atoms with Crippen molar-refractivity contribution in [3.8, 4) is 0 Å². The molecule has 1 aromatic carbocycles. The van der Waals surface area contributed by atoms with Crippen LogP contribution in [0, 0.1) is 11.7 Å². The van der Waals surface area contributed by atoms with Crippen LogP contribution in [0.4, 0.5) is 10.1 Å². The monoisotopic (exact) mass is 500 g/mol. The molecule has 0 aromatic heterocycles. The summed E-state index contributed by atoms with van der Waals surface area (Å²) in [5, 5.41) is 0. The van der Waals surface area contributed by atoms with Crippen molar-refractivity contribution in [2.45, 2.75) is 77.5 Å². The highest BCUT2D eigenvalue weighted by Crippen LogP contribution is 2.46. The van der Waals surface area contributed by atoms with Crippen LogP contribution >= 0.6 is 8.53 Å². The number of rotatable bonds is 11. The number of benzene rings is 1. The summed E-state index contributed by atoms with van der Waals surface area (Å²) in [6, 6.07) is 7.54. The SMILES string of the molecule is COP(OCC1OCC(OC2(OC)CCN(c3ccccc3F)CC2)C1C)N(C(C)C)C(C)C. The van der Waals surface area contributed by atoms with Crippen LogP contribution in [0.5, 0.6) is 0 Å². The van der Waals surface area contributed by atoms with Gasteiger partial charge in [0.25, 0.3) is 8.53 Å². The minimum Gasteiger partial charge on any atom is -0.373 e. The van der Waals surface area contributed by atoms with E-state index in [1.54, 1.807) is 20.3 Å². The molecule has 2 fully saturated rings. The topological polar surface area (TPSA) is 52.6 Å². The summed E-state index contributed by atoms with van der Waals surface area (Å²) in [4.78, 5) is 2.06. The molecule has 7 nitrogen and oxygen atoms in total. The van der Waals surface area contributed by atoms with Crippen LogP contribution in [0.1, 0.15) is 47.5 Å². The zero-order valence-electron chi connectivity index (χ0n) is 21.7. The van der Waals surface area contributed by atoms with E-state index in [2.05, 4.69) is 44.2 Å². The Morgan fingerprint density at radius 1 is 1.15 bits per heavy atom. The molecule has 1 aromatic rings. The van der Waals surface area contributed by atoms with Crippen LogP contribution in [0.3, 0.4) is 0 Å². The Morgan fingerprint density at radius 3 is 2.35 bits per heavy atom. The number of halogens is 1. The molecule has 0 spiro atoms. The first-order chi connectivity index (χ1) is 16.2. The first-order valence-electron chi connectivity index (χ1n) is 12.3. The largest absolute Gasteiger partial charge is 0.373 e. The standard InChI is InChI=1S/C25H42FN2O5P/c1-18(2)28(19(3)4)34(30-7)32-17-23-20(5)24(16-31-23)33-25(29-6)12-14-27(15-13-25)22-11-9-8-10-21(22)26/h8-11,18-20,23-24H,12-17H2,1-7H3. The highest BCUT2D eigenvalue weighted by Gasteiger charge is 2.44. The van der Waals surface area contributed by atoms with Crippen LogP contribution < -0.4 is 4.90 Å². The highest BCUT2D eigenvalue weighted by atomic mass is 31.2. The second kappa shape index (κ2) is 12.4. The number of nitrogens with zero attached hydrogens (tertiary/aromatic N) is 2. The molecule has 0 amide bonds. The van der Waals surface area contributed by atoms with E-state index in [1.165, 1.54) is 6.07 Å². The molecule has 2 aliphatic rings. The van der Waals surface area contributed by atoms with Crippen molar-refractivity contribution in [3.05, 3.63) is 30.1 Å². The zero-order valence-corrected chi connectivity index (χ0v) is 22.6. The molecule has 9 heteroatoms. The third-order valence-electron chi connectivity index (χ3n) is 6.86. The van der Waals surface area contributed by atoms with Gasteiger partial charge in [0, 0.05) is 58.2 Å². The Balaban J connectivity index is 1.55. The smallest absolute Gasteiger partial charge is 0.259 e. The maximum Gasteiger partial charge on any atom is 0.259 e. The van der Waals surface area contributed by atoms with Gasteiger partial charge in [-0.25, -0.2) is 9.06 Å². The fraction of sp³-hybridized carbons (Fsp3) is 0.760. The number of para-hydroxylation sites is 1. The molecule has 0 bridgehead atoms. The van der Waals surface area contributed by atoms with Crippen molar-refractivity contribution in [3.63, 3.8) is 0 Å². The second-order valence-electron chi connectivity index (χ2n) is 9.72. The van der Waals surface area contributed by atoms with E-state index in [9.17, 15) is 4.39 Å². The predicted molar refractivity (Wildman–Crippen MR) is 133 cm³/mol. The van der Waals surface area contributed by atoms with Gasteiger partial charge in [-0.3, -0.25) is 0 Å². The molecular weight excluding hydrogens is 458 g/mol. The molecule has 4 atom stereocenters. The predicted octanol–water partition coefficient (Wildman–Crippen LogP) is 5.20. The summed E-state index contributed by atoms with van der Waals surface area (Å²) in [7, 11) is 2.23. The van der Waals surface area contributed by atoms with Crippen molar-refractivity contribution >= 4 is 14.2 Å². The van der Waals surface area contributed by atoms with Crippen molar-refractivity contribution in [2.75, 3.05) is 45.4 Å². The van der Waals surface area contributed by atoms with Gasteiger partial charge in [-0.1, -0.05) is 19.1 Å². The lowest BCUT2D eigenvalue weighted by molar-refractivity contribution is -0.259. The van der Waals surface area contributed by atoms with E-state index in [-0.39, 0.29) is 23.9 Å². The Morgan fingerprint density at radius 2 is 1.79 bits per heavy atom. The van der Waals surface area contributed by atoms with Crippen molar-refractivity contribution in [1.82, 2.24) is 4.67 Å². The van der Waals surface area contributed by atoms with Crippen LogP contribution in [-0.4, -0.2) is 75.3 Å². The molecule has 2 saturated heterocycles. The maximum atomic E-state index is 14.2.